The Morgan fingerprint density at radius 1 is 1.16 bits per heavy atom. The first-order valence-electron chi connectivity index (χ1n) is 7.35. The van der Waals surface area contributed by atoms with Crippen molar-refractivity contribution in [2.24, 2.45) is 0 Å². The third kappa shape index (κ3) is 3.27. The number of esters is 1. The van der Waals surface area contributed by atoms with Crippen LogP contribution in [0.2, 0.25) is 0 Å². The van der Waals surface area contributed by atoms with Crippen LogP contribution in [0.1, 0.15) is 27.6 Å². The Morgan fingerprint density at radius 3 is 2.44 bits per heavy atom. The van der Waals surface area contributed by atoms with E-state index in [1.54, 1.807) is 30.3 Å². The van der Waals surface area contributed by atoms with Crippen LogP contribution in [0, 0.1) is 10.1 Å². The minimum absolute atomic E-state index is 0.0894. The lowest BCUT2D eigenvalue weighted by Crippen LogP contribution is -2.24. The van der Waals surface area contributed by atoms with E-state index in [1.165, 1.54) is 13.0 Å². The van der Waals surface area contributed by atoms with Crippen LogP contribution in [0.5, 0.6) is 11.5 Å². The van der Waals surface area contributed by atoms with E-state index in [0.717, 1.165) is 6.07 Å². The van der Waals surface area contributed by atoms with Gasteiger partial charge in [-0.15, -0.1) is 0 Å². The molecule has 128 valence electrons. The molecule has 0 amide bonds. The molecule has 1 aliphatic rings. The lowest BCUT2D eigenvalue weighted by Gasteiger charge is -2.12. The minimum Gasteiger partial charge on any atom is -0.454 e. The van der Waals surface area contributed by atoms with Crippen LogP contribution in [-0.2, 0) is 4.74 Å². The van der Waals surface area contributed by atoms with Crippen LogP contribution < -0.4 is 9.47 Å². The van der Waals surface area contributed by atoms with Gasteiger partial charge >= 0.3 is 5.97 Å². The average Bonchev–Trinajstić information content (AvgIpc) is 3.08. The molecule has 2 aromatic rings. The third-order valence-corrected chi connectivity index (χ3v) is 3.62. The van der Waals surface area contributed by atoms with Crippen LogP contribution in [0.3, 0.4) is 0 Å². The average molecular weight is 343 g/mol. The zero-order valence-corrected chi connectivity index (χ0v) is 13.1. The molecule has 0 fully saturated rings. The number of ketones is 1. The molecular formula is C17H13NO7. The smallest absolute Gasteiger partial charge is 0.346 e. The van der Waals surface area contributed by atoms with Crippen LogP contribution >= 0.6 is 0 Å². The summed E-state index contributed by atoms with van der Waals surface area (Å²) in [5.41, 5.74) is -0.404. The molecule has 8 heteroatoms. The van der Waals surface area contributed by atoms with Crippen molar-refractivity contribution in [2.75, 3.05) is 6.79 Å². The number of hydrogen-bond donors (Lipinski definition) is 0. The van der Waals surface area contributed by atoms with E-state index in [1.807, 2.05) is 0 Å². The maximum atomic E-state index is 12.3. The zero-order chi connectivity index (χ0) is 18.0. The van der Waals surface area contributed by atoms with Gasteiger partial charge in [-0.05, 0) is 6.92 Å². The number of rotatable bonds is 5. The number of carbonyl (C=O) groups excluding carboxylic acids is 2. The van der Waals surface area contributed by atoms with Gasteiger partial charge < -0.3 is 14.2 Å². The molecule has 1 unspecified atom stereocenters. The molecular weight excluding hydrogens is 330 g/mol. The molecule has 25 heavy (non-hydrogen) atoms. The molecule has 0 saturated heterocycles. The summed E-state index contributed by atoms with van der Waals surface area (Å²) in [6.07, 6.45) is -1.10. The minimum atomic E-state index is -1.10. The van der Waals surface area contributed by atoms with E-state index in [-0.39, 0.29) is 23.9 Å². The zero-order valence-electron chi connectivity index (χ0n) is 13.1. The van der Waals surface area contributed by atoms with E-state index in [2.05, 4.69) is 0 Å². The number of nitro benzene ring substituents is 1. The summed E-state index contributed by atoms with van der Waals surface area (Å²) in [5, 5.41) is 11.2. The molecule has 0 saturated carbocycles. The van der Waals surface area contributed by atoms with Crippen LogP contribution in [0.15, 0.2) is 42.5 Å². The fourth-order valence-electron chi connectivity index (χ4n) is 2.36. The van der Waals surface area contributed by atoms with Crippen molar-refractivity contribution < 1.29 is 28.7 Å². The molecule has 3 rings (SSSR count). The Hall–Kier alpha value is -3.42. The summed E-state index contributed by atoms with van der Waals surface area (Å²) in [6, 6.07) is 10.6. The molecule has 0 aromatic heterocycles. The Kier molecular flexibility index (Phi) is 4.34. The maximum Gasteiger partial charge on any atom is 0.346 e. The SMILES string of the molecule is CC(OC(=O)c1cc2c(cc1[N+](=O)[O-])OCO2)C(=O)c1ccccc1. The van der Waals surface area contributed by atoms with Gasteiger partial charge in [0.2, 0.25) is 12.6 Å². The van der Waals surface area contributed by atoms with Gasteiger partial charge in [0.15, 0.2) is 17.6 Å². The van der Waals surface area contributed by atoms with Crippen molar-refractivity contribution in [3.8, 4) is 11.5 Å². The van der Waals surface area contributed by atoms with Crippen molar-refractivity contribution in [3.63, 3.8) is 0 Å². The van der Waals surface area contributed by atoms with Gasteiger partial charge in [-0.2, -0.15) is 0 Å². The number of carbonyl (C=O) groups is 2. The van der Waals surface area contributed by atoms with Gasteiger partial charge in [-0.25, -0.2) is 4.79 Å². The lowest BCUT2D eigenvalue weighted by molar-refractivity contribution is -0.385. The number of hydrogen-bond acceptors (Lipinski definition) is 7. The summed E-state index contributed by atoms with van der Waals surface area (Å²) in [7, 11) is 0. The van der Waals surface area contributed by atoms with Crippen molar-refractivity contribution in [3.05, 3.63) is 63.7 Å². The molecule has 0 N–H and O–H groups in total. The third-order valence-electron chi connectivity index (χ3n) is 3.62. The van der Waals surface area contributed by atoms with Crippen molar-refractivity contribution in [1.82, 2.24) is 0 Å². The number of Topliss-reactive ketones (excluding diaryl/α,β-unsaturated/α-hetero) is 1. The maximum absolute atomic E-state index is 12.3. The predicted octanol–water partition coefficient (Wildman–Crippen LogP) is 2.75. The quantitative estimate of drug-likeness (QED) is 0.356. The van der Waals surface area contributed by atoms with E-state index < -0.39 is 28.5 Å². The second-order valence-corrected chi connectivity index (χ2v) is 5.26. The normalized spacial score (nSPS) is 13.2. The lowest BCUT2D eigenvalue weighted by atomic mass is 10.1. The number of fused-ring (bicyclic) bond motifs is 1. The second-order valence-electron chi connectivity index (χ2n) is 5.26. The molecule has 0 bridgehead atoms. The monoisotopic (exact) mass is 343 g/mol. The molecule has 2 aromatic carbocycles. The Labute approximate surface area is 142 Å². The first-order valence-corrected chi connectivity index (χ1v) is 7.35. The summed E-state index contributed by atoms with van der Waals surface area (Å²) >= 11 is 0. The van der Waals surface area contributed by atoms with Gasteiger partial charge in [0, 0.05) is 11.6 Å². The standard InChI is InChI=1S/C17H13NO7/c1-10(16(19)11-5-3-2-4-6-11)25-17(20)12-7-14-15(24-9-23-14)8-13(12)18(21)22/h2-8,10H,9H2,1H3. The molecule has 1 atom stereocenters. The Morgan fingerprint density at radius 2 is 1.80 bits per heavy atom. The molecule has 8 nitrogen and oxygen atoms in total. The van der Waals surface area contributed by atoms with Gasteiger partial charge in [-0.1, -0.05) is 30.3 Å². The second kappa shape index (κ2) is 6.60. The van der Waals surface area contributed by atoms with Crippen molar-refractivity contribution >= 4 is 17.4 Å². The highest BCUT2D eigenvalue weighted by Crippen LogP contribution is 2.38. The van der Waals surface area contributed by atoms with E-state index in [0.29, 0.717) is 5.56 Å². The fourth-order valence-corrected chi connectivity index (χ4v) is 2.36. The molecule has 1 aliphatic heterocycles. The largest absolute Gasteiger partial charge is 0.454 e. The highest BCUT2D eigenvalue weighted by molar-refractivity contribution is 6.02. The van der Waals surface area contributed by atoms with Crippen LogP contribution in [0.4, 0.5) is 5.69 Å². The van der Waals surface area contributed by atoms with Crippen LogP contribution in [-0.4, -0.2) is 29.6 Å². The summed E-state index contributed by atoms with van der Waals surface area (Å²) < 4.78 is 15.3. The molecule has 0 spiro atoms. The van der Waals surface area contributed by atoms with Crippen LogP contribution in [0.25, 0.3) is 0 Å². The van der Waals surface area contributed by atoms with E-state index in [4.69, 9.17) is 14.2 Å². The fraction of sp³-hybridized carbons (Fsp3) is 0.176. The summed E-state index contributed by atoms with van der Waals surface area (Å²) in [5.74, 6) is -1.00. The van der Waals surface area contributed by atoms with Crippen molar-refractivity contribution in [2.45, 2.75) is 13.0 Å². The van der Waals surface area contributed by atoms with Gasteiger partial charge in [0.05, 0.1) is 11.0 Å². The first-order chi connectivity index (χ1) is 12.0. The number of ether oxygens (including phenoxy) is 3. The van der Waals surface area contributed by atoms with Gasteiger partial charge in [0.1, 0.15) is 5.56 Å². The van der Waals surface area contributed by atoms with E-state index in [9.17, 15) is 19.7 Å². The Bertz CT molecular complexity index is 848. The highest BCUT2D eigenvalue weighted by Gasteiger charge is 2.30. The summed E-state index contributed by atoms with van der Waals surface area (Å²) in [6.45, 7) is 1.32. The van der Waals surface area contributed by atoms with Gasteiger partial charge in [0.25, 0.3) is 5.69 Å². The number of benzene rings is 2. The van der Waals surface area contributed by atoms with E-state index >= 15 is 0 Å². The van der Waals surface area contributed by atoms with Crippen molar-refractivity contribution in [1.29, 1.82) is 0 Å². The molecule has 0 radical (unpaired) electrons. The topological polar surface area (TPSA) is 105 Å². The summed E-state index contributed by atoms with van der Waals surface area (Å²) in [4.78, 5) is 35.1. The number of nitrogens with zero attached hydrogens (tertiary/aromatic N) is 1. The molecule has 0 aliphatic carbocycles. The van der Waals surface area contributed by atoms with Gasteiger partial charge in [-0.3, -0.25) is 14.9 Å². The number of nitro groups is 1. The molecule has 1 heterocycles. The first kappa shape index (κ1) is 16.4. The Balaban J connectivity index is 1.84. The predicted molar refractivity (Wildman–Crippen MR) is 84.9 cm³/mol. The highest BCUT2D eigenvalue weighted by atomic mass is 16.7.